The van der Waals surface area contributed by atoms with Gasteiger partial charge in [0, 0.05) is 24.2 Å². The molecule has 0 spiro atoms. The molecule has 1 aromatic heterocycles. The SMILES string of the molecule is COc1ccc2cc(C)n(C)c2c1. The number of aryl methyl sites for hydroxylation is 2. The number of aromatic nitrogens is 1. The Morgan fingerprint density at radius 3 is 2.69 bits per heavy atom. The minimum atomic E-state index is 0.911. The lowest BCUT2D eigenvalue weighted by atomic mass is 10.2. The smallest absolute Gasteiger partial charge is 0.120 e. The molecule has 68 valence electrons. The molecule has 0 aliphatic carbocycles. The minimum absolute atomic E-state index is 0.911. The first-order valence-electron chi connectivity index (χ1n) is 4.32. The zero-order valence-corrected chi connectivity index (χ0v) is 8.16. The molecule has 2 aromatic rings. The van der Waals surface area contributed by atoms with Gasteiger partial charge in [0.1, 0.15) is 5.75 Å². The molecule has 0 aliphatic heterocycles. The first-order chi connectivity index (χ1) is 6.22. The van der Waals surface area contributed by atoms with Crippen molar-refractivity contribution in [3.05, 3.63) is 30.0 Å². The predicted octanol–water partition coefficient (Wildman–Crippen LogP) is 2.50. The van der Waals surface area contributed by atoms with Crippen molar-refractivity contribution < 1.29 is 4.74 Å². The molecule has 1 aromatic carbocycles. The Morgan fingerprint density at radius 2 is 2.00 bits per heavy atom. The lowest BCUT2D eigenvalue weighted by molar-refractivity contribution is 0.415. The quantitative estimate of drug-likeness (QED) is 0.649. The highest BCUT2D eigenvalue weighted by Crippen LogP contribution is 2.22. The fourth-order valence-electron chi connectivity index (χ4n) is 1.57. The maximum atomic E-state index is 5.17. The van der Waals surface area contributed by atoms with Crippen LogP contribution in [0.15, 0.2) is 24.3 Å². The Bertz CT molecular complexity index is 443. The maximum absolute atomic E-state index is 5.17. The highest BCUT2D eigenvalue weighted by Gasteiger charge is 2.02. The monoisotopic (exact) mass is 175 g/mol. The molecule has 2 rings (SSSR count). The van der Waals surface area contributed by atoms with Crippen LogP contribution in [0.1, 0.15) is 5.69 Å². The second-order valence-electron chi connectivity index (χ2n) is 3.27. The van der Waals surface area contributed by atoms with Crippen molar-refractivity contribution in [1.82, 2.24) is 4.57 Å². The van der Waals surface area contributed by atoms with Gasteiger partial charge in [0.05, 0.1) is 12.6 Å². The van der Waals surface area contributed by atoms with E-state index in [2.05, 4.69) is 36.7 Å². The third-order valence-corrected chi connectivity index (χ3v) is 2.49. The molecule has 0 saturated carbocycles. The molecular weight excluding hydrogens is 162 g/mol. The summed E-state index contributed by atoms with van der Waals surface area (Å²) >= 11 is 0. The largest absolute Gasteiger partial charge is 0.497 e. The Balaban J connectivity index is 2.75. The summed E-state index contributed by atoms with van der Waals surface area (Å²) in [6, 6.07) is 8.31. The molecule has 0 radical (unpaired) electrons. The van der Waals surface area contributed by atoms with Crippen molar-refractivity contribution in [3.63, 3.8) is 0 Å². The summed E-state index contributed by atoms with van der Waals surface area (Å²) in [5, 5.41) is 1.26. The molecule has 0 saturated heterocycles. The van der Waals surface area contributed by atoms with Crippen LogP contribution in [0.2, 0.25) is 0 Å². The van der Waals surface area contributed by atoms with E-state index in [0.717, 1.165) is 5.75 Å². The summed E-state index contributed by atoms with van der Waals surface area (Å²) in [5.74, 6) is 0.911. The Kier molecular flexibility index (Phi) is 1.76. The van der Waals surface area contributed by atoms with Gasteiger partial charge in [-0.25, -0.2) is 0 Å². The van der Waals surface area contributed by atoms with E-state index in [-0.39, 0.29) is 0 Å². The van der Waals surface area contributed by atoms with Crippen LogP contribution < -0.4 is 4.74 Å². The van der Waals surface area contributed by atoms with E-state index in [1.54, 1.807) is 7.11 Å². The molecule has 1 heterocycles. The number of hydrogen-bond acceptors (Lipinski definition) is 1. The number of nitrogens with zero attached hydrogens (tertiary/aromatic N) is 1. The average molecular weight is 175 g/mol. The second-order valence-corrected chi connectivity index (χ2v) is 3.27. The van der Waals surface area contributed by atoms with E-state index in [9.17, 15) is 0 Å². The molecule has 0 aliphatic rings. The lowest BCUT2D eigenvalue weighted by Gasteiger charge is -2.01. The van der Waals surface area contributed by atoms with Crippen LogP contribution in [-0.4, -0.2) is 11.7 Å². The zero-order valence-electron chi connectivity index (χ0n) is 8.16. The highest BCUT2D eigenvalue weighted by atomic mass is 16.5. The molecule has 0 unspecified atom stereocenters. The van der Waals surface area contributed by atoms with Crippen LogP contribution in [0.4, 0.5) is 0 Å². The van der Waals surface area contributed by atoms with Crippen LogP contribution >= 0.6 is 0 Å². The van der Waals surface area contributed by atoms with Gasteiger partial charge in [-0.15, -0.1) is 0 Å². The van der Waals surface area contributed by atoms with Crippen LogP contribution in [0.25, 0.3) is 10.9 Å². The third-order valence-electron chi connectivity index (χ3n) is 2.49. The summed E-state index contributed by atoms with van der Waals surface area (Å²) in [6.07, 6.45) is 0. The van der Waals surface area contributed by atoms with Crippen molar-refractivity contribution >= 4 is 10.9 Å². The van der Waals surface area contributed by atoms with E-state index in [4.69, 9.17) is 4.74 Å². The van der Waals surface area contributed by atoms with Gasteiger partial charge >= 0.3 is 0 Å². The van der Waals surface area contributed by atoms with Crippen molar-refractivity contribution in [1.29, 1.82) is 0 Å². The topological polar surface area (TPSA) is 14.2 Å². The van der Waals surface area contributed by atoms with Gasteiger partial charge in [-0.2, -0.15) is 0 Å². The molecule has 0 amide bonds. The Labute approximate surface area is 77.7 Å². The summed E-state index contributed by atoms with van der Waals surface area (Å²) in [6.45, 7) is 2.10. The van der Waals surface area contributed by atoms with Gasteiger partial charge in [-0.05, 0) is 25.1 Å². The fourth-order valence-corrected chi connectivity index (χ4v) is 1.57. The van der Waals surface area contributed by atoms with Crippen molar-refractivity contribution in [2.45, 2.75) is 6.92 Å². The van der Waals surface area contributed by atoms with Crippen LogP contribution in [-0.2, 0) is 7.05 Å². The molecule has 0 bridgehead atoms. The number of methoxy groups -OCH3 is 1. The summed E-state index contributed by atoms with van der Waals surface area (Å²) in [5.41, 5.74) is 2.49. The van der Waals surface area contributed by atoms with Gasteiger partial charge in [0.15, 0.2) is 0 Å². The van der Waals surface area contributed by atoms with E-state index in [1.807, 2.05) is 6.07 Å². The number of benzene rings is 1. The Morgan fingerprint density at radius 1 is 1.23 bits per heavy atom. The van der Waals surface area contributed by atoms with E-state index in [1.165, 1.54) is 16.6 Å². The fraction of sp³-hybridized carbons (Fsp3) is 0.273. The third kappa shape index (κ3) is 1.18. The van der Waals surface area contributed by atoms with Gasteiger partial charge in [-0.1, -0.05) is 0 Å². The number of rotatable bonds is 1. The van der Waals surface area contributed by atoms with Crippen molar-refractivity contribution in [2.24, 2.45) is 7.05 Å². The predicted molar refractivity (Wildman–Crippen MR) is 54.2 cm³/mol. The zero-order chi connectivity index (χ0) is 9.42. The molecule has 13 heavy (non-hydrogen) atoms. The molecule has 0 N–H and O–H groups in total. The van der Waals surface area contributed by atoms with E-state index in [0.29, 0.717) is 0 Å². The minimum Gasteiger partial charge on any atom is -0.497 e. The van der Waals surface area contributed by atoms with Gasteiger partial charge in [-0.3, -0.25) is 0 Å². The molecule has 2 heteroatoms. The van der Waals surface area contributed by atoms with Crippen LogP contribution in [0.3, 0.4) is 0 Å². The first-order valence-corrected chi connectivity index (χ1v) is 4.32. The standard InChI is InChI=1S/C11H13NO/c1-8-6-9-4-5-10(13-3)7-11(9)12(8)2/h4-7H,1-3H3. The van der Waals surface area contributed by atoms with E-state index < -0.39 is 0 Å². The van der Waals surface area contributed by atoms with E-state index >= 15 is 0 Å². The summed E-state index contributed by atoms with van der Waals surface area (Å²) < 4.78 is 7.34. The van der Waals surface area contributed by atoms with Gasteiger partial charge in [0.2, 0.25) is 0 Å². The lowest BCUT2D eigenvalue weighted by Crippen LogP contribution is -1.89. The average Bonchev–Trinajstić information content (AvgIpc) is 2.43. The number of ether oxygens (including phenoxy) is 1. The molecule has 0 atom stereocenters. The Hall–Kier alpha value is -1.44. The number of fused-ring (bicyclic) bond motifs is 1. The highest BCUT2D eigenvalue weighted by molar-refractivity contribution is 5.82. The van der Waals surface area contributed by atoms with Gasteiger partial charge < -0.3 is 9.30 Å². The maximum Gasteiger partial charge on any atom is 0.120 e. The first kappa shape index (κ1) is 8.17. The second kappa shape index (κ2) is 2.80. The molecule has 0 fully saturated rings. The molecular formula is C11H13NO. The van der Waals surface area contributed by atoms with Crippen molar-refractivity contribution in [2.75, 3.05) is 7.11 Å². The number of hydrogen-bond donors (Lipinski definition) is 0. The van der Waals surface area contributed by atoms with Crippen LogP contribution in [0.5, 0.6) is 5.75 Å². The van der Waals surface area contributed by atoms with Gasteiger partial charge in [0.25, 0.3) is 0 Å². The molecule has 2 nitrogen and oxygen atoms in total. The van der Waals surface area contributed by atoms with Crippen molar-refractivity contribution in [3.8, 4) is 5.75 Å². The normalized spacial score (nSPS) is 10.7. The summed E-state index contributed by atoms with van der Waals surface area (Å²) in [4.78, 5) is 0. The van der Waals surface area contributed by atoms with Crippen LogP contribution in [0, 0.1) is 6.92 Å². The summed E-state index contributed by atoms with van der Waals surface area (Å²) in [7, 11) is 3.76.